The number of hydrogen-bond donors (Lipinski definition) is 1. The number of rotatable bonds is 6. The van der Waals surface area contributed by atoms with Crippen LogP contribution in [0.1, 0.15) is 58.2 Å². The van der Waals surface area contributed by atoms with Crippen molar-refractivity contribution in [1.82, 2.24) is 9.97 Å². The van der Waals surface area contributed by atoms with Crippen LogP contribution >= 0.6 is 0 Å². The van der Waals surface area contributed by atoms with Crippen LogP contribution in [0, 0.1) is 5.92 Å². The van der Waals surface area contributed by atoms with Crippen LogP contribution < -0.4 is 10.2 Å². The molecule has 0 aliphatic heterocycles. The third-order valence-electron chi connectivity index (χ3n) is 4.79. The van der Waals surface area contributed by atoms with E-state index < -0.39 is 0 Å². The second-order valence-electron chi connectivity index (χ2n) is 6.22. The Bertz CT molecular complexity index is 438. The van der Waals surface area contributed by atoms with Crippen molar-refractivity contribution in [2.45, 2.75) is 64.8 Å². The topological polar surface area (TPSA) is 41.1 Å². The minimum atomic E-state index is 0.627. The Morgan fingerprint density at radius 1 is 1.19 bits per heavy atom. The molecule has 0 bridgehead atoms. The summed E-state index contributed by atoms with van der Waals surface area (Å²) in [4.78, 5) is 11.7. The van der Waals surface area contributed by atoms with Crippen LogP contribution in [0.4, 0.5) is 11.6 Å². The molecule has 1 aliphatic carbocycles. The van der Waals surface area contributed by atoms with Crippen molar-refractivity contribution >= 4 is 11.6 Å². The summed E-state index contributed by atoms with van der Waals surface area (Å²) in [5, 5.41) is 3.16. The Morgan fingerprint density at radius 3 is 2.48 bits per heavy atom. The summed E-state index contributed by atoms with van der Waals surface area (Å²) in [5.74, 6) is 3.88. The summed E-state index contributed by atoms with van der Waals surface area (Å²) in [6, 6.07) is 2.70. The van der Waals surface area contributed by atoms with E-state index in [4.69, 9.17) is 4.98 Å². The van der Waals surface area contributed by atoms with E-state index in [1.807, 2.05) is 7.05 Å². The van der Waals surface area contributed by atoms with Gasteiger partial charge in [0.15, 0.2) is 0 Å². The Labute approximate surface area is 129 Å². The molecule has 1 N–H and O–H groups in total. The molecule has 21 heavy (non-hydrogen) atoms. The lowest BCUT2D eigenvalue weighted by Crippen LogP contribution is -2.35. The molecule has 1 heterocycles. The standard InChI is InChI=1S/C17H30N4/c1-5-7-15-19-16(18-3)12-17(20-15)21(4)14-10-8-13(6-2)9-11-14/h12-14H,5-11H2,1-4H3,(H,18,19,20). The molecule has 0 atom stereocenters. The van der Waals surface area contributed by atoms with Crippen molar-refractivity contribution in [3.63, 3.8) is 0 Å². The molecule has 0 radical (unpaired) electrons. The van der Waals surface area contributed by atoms with Crippen molar-refractivity contribution < 1.29 is 0 Å². The van der Waals surface area contributed by atoms with E-state index in [-0.39, 0.29) is 0 Å². The molecule has 0 saturated heterocycles. The molecule has 1 aliphatic rings. The number of nitrogens with one attached hydrogen (secondary N) is 1. The number of hydrogen-bond acceptors (Lipinski definition) is 4. The third kappa shape index (κ3) is 4.08. The van der Waals surface area contributed by atoms with Gasteiger partial charge in [0.2, 0.25) is 0 Å². The number of aromatic nitrogens is 2. The summed E-state index contributed by atoms with van der Waals surface area (Å²) in [6.07, 6.45) is 8.65. The highest BCUT2D eigenvalue weighted by molar-refractivity contribution is 5.49. The third-order valence-corrected chi connectivity index (χ3v) is 4.79. The maximum Gasteiger partial charge on any atom is 0.134 e. The smallest absolute Gasteiger partial charge is 0.134 e. The zero-order valence-electron chi connectivity index (χ0n) is 14.0. The fraction of sp³-hybridized carbons (Fsp3) is 0.765. The largest absolute Gasteiger partial charge is 0.373 e. The van der Waals surface area contributed by atoms with Gasteiger partial charge < -0.3 is 10.2 Å². The van der Waals surface area contributed by atoms with Gasteiger partial charge in [-0.25, -0.2) is 9.97 Å². The van der Waals surface area contributed by atoms with Crippen LogP contribution in [0.5, 0.6) is 0 Å². The van der Waals surface area contributed by atoms with Crippen LogP contribution in [0.3, 0.4) is 0 Å². The number of anilines is 2. The molecule has 2 rings (SSSR count). The maximum atomic E-state index is 4.76. The first-order valence-electron chi connectivity index (χ1n) is 8.46. The summed E-state index contributed by atoms with van der Waals surface area (Å²) in [5.41, 5.74) is 0. The van der Waals surface area contributed by atoms with Gasteiger partial charge in [-0.15, -0.1) is 0 Å². The van der Waals surface area contributed by atoms with Crippen LogP contribution in [-0.4, -0.2) is 30.1 Å². The van der Waals surface area contributed by atoms with Crippen molar-refractivity contribution in [3.05, 3.63) is 11.9 Å². The average Bonchev–Trinajstić information content (AvgIpc) is 2.54. The highest BCUT2D eigenvalue weighted by atomic mass is 15.2. The first-order chi connectivity index (χ1) is 10.2. The molecule has 0 spiro atoms. The fourth-order valence-corrected chi connectivity index (χ4v) is 3.25. The van der Waals surface area contributed by atoms with Gasteiger partial charge in [-0.3, -0.25) is 0 Å². The highest BCUT2D eigenvalue weighted by Gasteiger charge is 2.24. The van der Waals surface area contributed by atoms with Gasteiger partial charge in [-0.1, -0.05) is 20.3 Å². The zero-order valence-corrected chi connectivity index (χ0v) is 14.0. The van der Waals surface area contributed by atoms with E-state index in [0.29, 0.717) is 6.04 Å². The summed E-state index contributed by atoms with van der Waals surface area (Å²) in [7, 11) is 4.11. The molecular formula is C17H30N4. The lowest BCUT2D eigenvalue weighted by molar-refractivity contribution is 0.313. The van der Waals surface area contributed by atoms with Crippen molar-refractivity contribution in [3.8, 4) is 0 Å². The zero-order chi connectivity index (χ0) is 15.2. The second kappa shape index (κ2) is 7.62. The first-order valence-corrected chi connectivity index (χ1v) is 8.46. The molecule has 4 nitrogen and oxygen atoms in total. The molecule has 1 fully saturated rings. The predicted molar refractivity (Wildman–Crippen MR) is 90.0 cm³/mol. The first kappa shape index (κ1) is 16.1. The molecule has 1 aromatic rings. The maximum absolute atomic E-state index is 4.76. The van der Waals surface area contributed by atoms with Gasteiger partial charge in [-0.2, -0.15) is 0 Å². The molecule has 118 valence electrons. The molecule has 1 aromatic heterocycles. The molecule has 4 heteroatoms. The number of nitrogens with zero attached hydrogens (tertiary/aromatic N) is 3. The van der Waals surface area contributed by atoms with Crippen molar-refractivity contribution in [2.75, 3.05) is 24.3 Å². The van der Waals surface area contributed by atoms with Gasteiger partial charge in [0, 0.05) is 32.6 Å². The Hall–Kier alpha value is -1.32. The average molecular weight is 290 g/mol. The van der Waals surface area contributed by atoms with E-state index in [1.54, 1.807) is 0 Å². The van der Waals surface area contributed by atoms with Crippen LogP contribution in [0.15, 0.2) is 6.07 Å². The quantitative estimate of drug-likeness (QED) is 0.863. The van der Waals surface area contributed by atoms with Gasteiger partial charge in [0.05, 0.1) is 0 Å². The lowest BCUT2D eigenvalue weighted by atomic mass is 9.84. The second-order valence-corrected chi connectivity index (χ2v) is 6.22. The molecule has 0 aromatic carbocycles. The number of aryl methyl sites for hydroxylation is 1. The van der Waals surface area contributed by atoms with Gasteiger partial charge in [0.1, 0.15) is 17.5 Å². The lowest BCUT2D eigenvalue weighted by Gasteiger charge is -2.35. The van der Waals surface area contributed by atoms with Crippen molar-refractivity contribution in [2.24, 2.45) is 5.92 Å². The normalized spacial score (nSPS) is 22.1. The van der Waals surface area contributed by atoms with Crippen molar-refractivity contribution in [1.29, 1.82) is 0 Å². The Kier molecular flexibility index (Phi) is 5.83. The van der Waals surface area contributed by atoms with E-state index in [0.717, 1.165) is 36.2 Å². The summed E-state index contributed by atoms with van der Waals surface area (Å²) < 4.78 is 0. The SMILES string of the molecule is CCCc1nc(NC)cc(N(C)C2CCC(CC)CC2)n1. The van der Waals surface area contributed by atoms with E-state index >= 15 is 0 Å². The van der Waals surface area contributed by atoms with Crippen LogP contribution in [0.25, 0.3) is 0 Å². The molecule has 1 saturated carbocycles. The van der Waals surface area contributed by atoms with E-state index in [2.05, 4.69) is 42.2 Å². The Balaban J connectivity index is 2.10. The minimum Gasteiger partial charge on any atom is -0.373 e. The van der Waals surface area contributed by atoms with Gasteiger partial charge >= 0.3 is 0 Å². The molecule has 0 amide bonds. The molecule has 0 unspecified atom stereocenters. The van der Waals surface area contributed by atoms with E-state index in [1.165, 1.54) is 32.1 Å². The minimum absolute atomic E-state index is 0.627. The molecular weight excluding hydrogens is 260 g/mol. The predicted octanol–water partition coefficient (Wildman–Crippen LogP) is 3.88. The fourth-order valence-electron chi connectivity index (χ4n) is 3.25. The highest BCUT2D eigenvalue weighted by Crippen LogP contribution is 2.31. The summed E-state index contributed by atoms with van der Waals surface area (Å²) in [6.45, 7) is 4.49. The van der Waals surface area contributed by atoms with Crippen LogP contribution in [0.2, 0.25) is 0 Å². The summed E-state index contributed by atoms with van der Waals surface area (Å²) >= 11 is 0. The van der Waals surface area contributed by atoms with E-state index in [9.17, 15) is 0 Å². The Morgan fingerprint density at radius 2 is 1.90 bits per heavy atom. The van der Waals surface area contributed by atoms with Crippen LogP contribution in [-0.2, 0) is 6.42 Å². The van der Waals surface area contributed by atoms with Gasteiger partial charge in [0.25, 0.3) is 0 Å². The van der Waals surface area contributed by atoms with Gasteiger partial charge in [-0.05, 0) is 38.0 Å². The monoisotopic (exact) mass is 290 g/mol.